The molecule has 0 aliphatic rings. The first-order chi connectivity index (χ1) is 18.8. The number of hydrogen-bond donors (Lipinski definition) is 2. The lowest BCUT2D eigenvalue weighted by atomic mass is 9.90. The molecule has 2 aromatic carbocycles. The molecule has 1 heterocycles. The number of furan rings is 1. The third-order valence-corrected chi connectivity index (χ3v) is 7.39. The van der Waals surface area contributed by atoms with E-state index in [4.69, 9.17) is 4.42 Å². The summed E-state index contributed by atoms with van der Waals surface area (Å²) in [6, 6.07) is 6.72. The van der Waals surface area contributed by atoms with E-state index in [0.29, 0.717) is 35.0 Å². The highest BCUT2D eigenvalue weighted by molar-refractivity contribution is 6.12. The van der Waals surface area contributed by atoms with Crippen LogP contribution in [0.4, 0.5) is 0 Å². The molecule has 0 bridgehead atoms. The van der Waals surface area contributed by atoms with Crippen LogP contribution in [0, 0.1) is 0 Å². The SMILES string of the molecule is CCCN(CCC)CCCc1cc2oc3ccc(C(=O)O)cc3c2c(CCCN(CCC)CCC)c1C(=O)O.Cl.Cl.O. The third kappa shape index (κ3) is 10.1. The van der Waals surface area contributed by atoms with Crippen LogP contribution < -0.4 is 0 Å². The van der Waals surface area contributed by atoms with Crippen molar-refractivity contribution in [2.24, 2.45) is 0 Å². The van der Waals surface area contributed by atoms with Gasteiger partial charge in [0.25, 0.3) is 0 Å². The van der Waals surface area contributed by atoms with Crippen molar-refractivity contribution in [1.29, 1.82) is 0 Å². The molecule has 0 saturated carbocycles. The Bertz CT molecular complexity index is 1250. The predicted molar refractivity (Wildman–Crippen MR) is 176 cm³/mol. The van der Waals surface area contributed by atoms with E-state index in [1.54, 1.807) is 12.1 Å². The number of carboxylic acid groups (broad SMARTS) is 2. The van der Waals surface area contributed by atoms with Crippen molar-refractivity contribution in [3.8, 4) is 0 Å². The predicted octanol–water partition coefficient (Wildman–Crippen LogP) is 7.11. The molecule has 0 aliphatic carbocycles. The van der Waals surface area contributed by atoms with E-state index >= 15 is 0 Å². The van der Waals surface area contributed by atoms with Crippen molar-refractivity contribution < 1.29 is 29.7 Å². The van der Waals surface area contributed by atoms with Crippen molar-refractivity contribution in [3.05, 3.63) is 46.5 Å². The maximum Gasteiger partial charge on any atom is 0.336 e. The van der Waals surface area contributed by atoms with Gasteiger partial charge in [-0.3, -0.25) is 0 Å². The lowest BCUT2D eigenvalue weighted by Crippen LogP contribution is -2.27. The molecule has 0 fully saturated rings. The Morgan fingerprint density at radius 2 is 1.24 bits per heavy atom. The molecule has 0 atom stereocenters. The highest BCUT2D eigenvalue weighted by Crippen LogP contribution is 2.37. The van der Waals surface area contributed by atoms with E-state index < -0.39 is 11.9 Å². The van der Waals surface area contributed by atoms with Crippen LogP contribution in [0.25, 0.3) is 21.9 Å². The molecule has 0 saturated heterocycles. The van der Waals surface area contributed by atoms with Crippen molar-refractivity contribution in [3.63, 3.8) is 0 Å². The van der Waals surface area contributed by atoms with Crippen LogP contribution in [0.2, 0.25) is 0 Å². The number of rotatable bonds is 18. The largest absolute Gasteiger partial charge is 0.478 e. The molecule has 0 aliphatic heterocycles. The van der Waals surface area contributed by atoms with Gasteiger partial charge >= 0.3 is 11.9 Å². The van der Waals surface area contributed by atoms with Gasteiger partial charge in [0.15, 0.2) is 0 Å². The number of halogens is 2. The van der Waals surface area contributed by atoms with Gasteiger partial charge in [-0.25, -0.2) is 9.59 Å². The Balaban J connectivity index is 0.00000560. The Hall–Kier alpha value is -2.36. The molecular formula is C32H50Cl2N2O6. The number of benzene rings is 2. The summed E-state index contributed by atoms with van der Waals surface area (Å²) in [5, 5.41) is 21.5. The molecular weight excluding hydrogens is 579 g/mol. The van der Waals surface area contributed by atoms with E-state index in [1.165, 1.54) is 6.07 Å². The third-order valence-electron chi connectivity index (χ3n) is 7.39. The molecule has 8 nitrogen and oxygen atoms in total. The van der Waals surface area contributed by atoms with Crippen LogP contribution in [0.1, 0.15) is 98.1 Å². The lowest BCUT2D eigenvalue weighted by Gasteiger charge is -2.22. The number of fused-ring (bicyclic) bond motifs is 3. The lowest BCUT2D eigenvalue weighted by molar-refractivity contribution is 0.0684. The highest BCUT2D eigenvalue weighted by Gasteiger charge is 2.23. The Kier molecular flexibility index (Phi) is 18.6. The van der Waals surface area contributed by atoms with Crippen molar-refractivity contribution in [2.75, 3.05) is 39.3 Å². The average Bonchev–Trinajstić information content (AvgIpc) is 3.26. The molecule has 0 spiro atoms. The summed E-state index contributed by atoms with van der Waals surface area (Å²) in [6.07, 6.45) is 7.31. The van der Waals surface area contributed by atoms with E-state index in [-0.39, 0.29) is 35.9 Å². The zero-order valence-electron chi connectivity index (χ0n) is 25.5. The first kappa shape index (κ1) is 39.6. The molecule has 0 unspecified atom stereocenters. The number of hydrogen-bond acceptors (Lipinski definition) is 5. The normalized spacial score (nSPS) is 11.0. The van der Waals surface area contributed by atoms with Gasteiger partial charge in [0.1, 0.15) is 11.2 Å². The van der Waals surface area contributed by atoms with Crippen LogP contribution in [-0.4, -0.2) is 76.7 Å². The fourth-order valence-electron chi connectivity index (χ4n) is 5.83. The fraction of sp³-hybridized carbons (Fsp3) is 0.562. The molecule has 10 heteroatoms. The molecule has 0 amide bonds. The first-order valence-electron chi connectivity index (χ1n) is 14.8. The first-order valence-corrected chi connectivity index (χ1v) is 14.8. The summed E-state index contributed by atoms with van der Waals surface area (Å²) < 4.78 is 6.21. The monoisotopic (exact) mass is 628 g/mol. The minimum atomic E-state index is -1.01. The van der Waals surface area contributed by atoms with Gasteiger partial charge in [0.05, 0.1) is 11.1 Å². The summed E-state index contributed by atoms with van der Waals surface area (Å²) in [5.74, 6) is -1.94. The molecule has 238 valence electrons. The Morgan fingerprint density at radius 1 is 0.714 bits per heavy atom. The summed E-state index contributed by atoms with van der Waals surface area (Å²) in [7, 11) is 0. The maximum atomic E-state index is 12.8. The molecule has 3 aromatic rings. The number of carboxylic acids is 2. The van der Waals surface area contributed by atoms with Crippen molar-refractivity contribution in [2.45, 2.75) is 79.1 Å². The number of aromatic carboxylic acids is 2. The fourth-order valence-corrected chi connectivity index (χ4v) is 5.83. The van der Waals surface area contributed by atoms with Gasteiger partial charge in [-0.2, -0.15) is 0 Å². The van der Waals surface area contributed by atoms with Crippen LogP contribution in [-0.2, 0) is 12.8 Å². The minimum Gasteiger partial charge on any atom is -0.478 e. The summed E-state index contributed by atoms with van der Waals surface area (Å²) in [4.78, 5) is 29.4. The van der Waals surface area contributed by atoms with Gasteiger partial charge in [0, 0.05) is 10.8 Å². The number of carbonyl (C=O) groups is 2. The van der Waals surface area contributed by atoms with Gasteiger partial charge in [0.2, 0.25) is 0 Å². The van der Waals surface area contributed by atoms with Gasteiger partial charge < -0.3 is 29.9 Å². The van der Waals surface area contributed by atoms with Gasteiger partial charge in [-0.15, -0.1) is 24.8 Å². The second-order valence-corrected chi connectivity index (χ2v) is 10.6. The highest BCUT2D eigenvalue weighted by atomic mass is 35.5. The van der Waals surface area contributed by atoms with Gasteiger partial charge in [-0.05, 0) is 126 Å². The van der Waals surface area contributed by atoms with Crippen LogP contribution in [0.15, 0.2) is 28.7 Å². The molecule has 42 heavy (non-hydrogen) atoms. The standard InChI is InChI=1S/C32H46N2O5.2ClH.H2O/c1-5-15-33(16-6-2)19-9-11-23-22-28-30(26-21-24(31(35)36)13-14-27(26)39-28)25(29(23)32(37)38)12-10-20-34(17-7-3)18-8-4;;;/h13-14,21-22H,5-12,15-20H2,1-4H3,(H,35,36)(H,37,38);2*1H;1H2. The summed E-state index contributed by atoms with van der Waals surface area (Å²) in [5.41, 5.74) is 3.32. The van der Waals surface area contributed by atoms with Crippen LogP contribution in [0.5, 0.6) is 0 Å². The average molecular weight is 630 g/mol. The van der Waals surface area contributed by atoms with Crippen LogP contribution >= 0.6 is 24.8 Å². The Morgan fingerprint density at radius 3 is 1.71 bits per heavy atom. The second kappa shape index (κ2) is 19.8. The zero-order valence-corrected chi connectivity index (χ0v) is 27.2. The maximum absolute atomic E-state index is 12.8. The van der Waals surface area contributed by atoms with E-state index in [9.17, 15) is 19.8 Å². The quantitative estimate of drug-likeness (QED) is 0.154. The summed E-state index contributed by atoms with van der Waals surface area (Å²) in [6.45, 7) is 14.7. The minimum absolute atomic E-state index is 0. The smallest absolute Gasteiger partial charge is 0.336 e. The van der Waals surface area contributed by atoms with E-state index in [0.717, 1.165) is 94.3 Å². The van der Waals surface area contributed by atoms with Crippen molar-refractivity contribution >= 4 is 58.7 Å². The van der Waals surface area contributed by atoms with E-state index in [2.05, 4.69) is 37.5 Å². The Labute approximate surface area is 262 Å². The molecule has 1 aromatic heterocycles. The van der Waals surface area contributed by atoms with Crippen LogP contribution in [0.3, 0.4) is 0 Å². The zero-order chi connectivity index (χ0) is 28.4. The number of aryl methyl sites for hydroxylation is 2. The summed E-state index contributed by atoms with van der Waals surface area (Å²) >= 11 is 0. The molecule has 3 rings (SSSR count). The van der Waals surface area contributed by atoms with Gasteiger partial charge in [-0.1, -0.05) is 27.7 Å². The van der Waals surface area contributed by atoms with E-state index in [1.807, 2.05) is 6.07 Å². The molecule has 4 N–H and O–H groups in total. The number of nitrogens with zero attached hydrogens (tertiary/aromatic N) is 2. The topological polar surface area (TPSA) is 126 Å². The van der Waals surface area contributed by atoms with Crippen molar-refractivity contribution in [1.82, 2.24) is 9.80 Å². The second-order valence-electron chi connectivity index (χ2n) is 10.6. The molecule has 0 radical (unpaired) electrons.